The molecule has 0 aromatic carbocycles. The summed E-state index contributed by atoms with van der Waals surface area (Å²) < 4.78 is 4.91. The van der Waals surface area contributed by atoms with E-state index in [9.17, 15) is 0 Å². The smallest absolute Gasteiger partial charge is 0.228 e. The van der Waals surface area contributed by atoms with Gasteiger partial charge in [0.2, 0.25) is 5.89 Å². The van der Waals surface area contributed by atoms with E-state index in [0.717, 1.165) is 5.17 Å². The number of amidine groups is 1. The molecule has 6 heteroatoms. The lowest BCUT2D eigenvalue weighted by molar-refractivity contribution is 0.379. The van der Waals surface area contributed by atoms with Gasteiger partial charge in [0.1, 0.15) is 0 Å². The van der Waals surface area contributed by atoms with Gasteiger partial charge in [0.25, 0.3) is 0 Å². The average Bonchev–Trinajstić information content (AvgIpc) is 2.69. The van der Waals surface area contributed by atoms with Gasteiger partial charge in [0.05, 0.1) is 6.54 Å². The van der Waals surface area contributed by atoms with Crippen LogP contribution in [-0.4, -0.2) is 33.1 Å². The summed E-state index contributed by atoms with van der Waals surface area (Å²) in [5, 5.41) is 8.60. The van der Waals surface area contributed by atoms with Crippen molar-refractivity contribution in [2.45, 2.75) is 38.0 Å². The Bertz CT molecular complexity index is 340. The number of hydrogen-bond acceptors (Lipinski definition) is 5. The van der Waals surface area contributed by atoms with Gasteiger partial charge in [-0.05, 0) is 13.3 Å². The minimum atomic E-state index is 0.512. The van der Waals surface area contributed by atoms with E-state index in [1.54, 1.807) is 11.8 Å². The SMILES string of the molecule is CC1CC(C)SC(=NCCc2ncno2)N1. The third kappa shape index (κ3) is 3.23. The Hall–Kier alpha value is -1.04. The van der Waals surface area contributed by atoms with Crippen molar-refractivity contribution < 1.29 is 4.52 Å². The molecular formula is C10H16N4OS. The highest BCUT2D eigenvalue weighted by atomic mass is 32.2. The summed E-state index contributed by atoms with van der Waals surface area (Å²) >= 11 is 1.80. The van der Waals surface area contributed by atoms with Gasteiger partial charge in [-0.2, -0.15) is 4.98 Å². The summed E-state index contributed by atoms with van der Waals surface area (Å²) in [5.74, 6) is 0.645. The van der Waals surface area contributed by atoms with Crippen molar-refractivity contribution in [3.63, 3.8) is 0 Å². The summed E-state index contributed by atoms with van der Waals surface area (Å²) in [5.41, 5.74) is 0. The Morgan fingerprint density at radius 2 is 2.50 bits per heavy atom. The van der Waals surface area contributed by atoms with Gasteiger partial charge in [0.15, 0.2) is 11.5 Å². The van der Waals surface area contributed by atoms with Crippen LogP contribution in [-0.2, 0) is 6.42 Å². The number of hydrogen-bond donors (Lipinski definition) is 1. The Morgan fingerprint density at radius 3 is 3.19 bits per heavy atom. The summed E-state index contributed by atoms with van der Waals surface area (Å²) in [7, 11) is 0. The van der Waals surface area contributed by atoms with Crippen LogP contribution in [0.1, 0.15) is 26.2 Å². The lowest BCUT2D eigenvalue weighted by Gasteiger charge is -2.26. The molecule has 88 valence electrons. The molecule has 0 aliphatic carbocycles. The summed E-state index contributed by atoms with van der Waals surface area (Å²) in [6, 6.07) is 0.512. The normalized spacial score (nSPS) is 28.0. The molecule has 1 fully saturated rings. The molecule has 0 radical (unpaired) electrons. The Balaban J connectivity index is 1.82. The minimum absolute atomic E-state index is 0.512. The average molecular weight is 240 g/mol. The first-order valence-corrected chi connectivity index (χ1v) is 6.35. The zero-order valence-electron chi connectivity index (χ0n) is 9.51. The monoisotopic (exact) mass is 240 g/mol. The highest BCUT2D eigenvalue weighted by molar-refractivity contribution is 8.14. The summed E-state index contributed by atoms with van der Waals surface area (Å²) in [6.45, 7) is 5.11. The fraction of sp³-hybridized carbons (Fsp3) is 0.700. The van der Waals surface area contributed by atoms with Gasteiger partial charge in [-0.25, -0.2) is 0 Å². The zero-order valence-corrected chi connectivity index (χ0v) is 10.3. The molecule has 1 aromatic heterocycles. The number of nitrogens with one attached hydrogen (secondary N) is 1. The predicted octanol–water partition coefficient (Wildman–Crippen LogP) is 1.47. The minimum Gasteiger partial charge on any atom is -0.362 e. The maximum atomic E-state index is 4.91. The van der Waals surface area contributed by atoms with Crippen molar-refractivity contribution in [3.8, 4) is 0 Å². The molecule has 5 nitrogen and oxygen atoms in total. The van der Waals surface area contributed by atoms with E-state index in [2.05, 4.69) is 34.3 Å². The first-order valence-electron chi connectivity index (χ1n) is 5.47. The van der Waals surface area contributed by atoms with Crippen LogP contribution < -0.4 is 5.32 Å². The molecule has 0 saturated carbocycles. The van der Waals surface area contributed by atoms with Crippen molar-refractivity contribution in [3.05, 3.63) is 12.2 Å². The Morgan fingerprint density at radius 1 is 1.62 bits per heavy atom. The van der Waals surface area contributed by atoms with E-state index in [1.165, 1.54) is 12.7 Å². The zero-order chi connectivity index (χ0) is 11.4. The van der Waals surface area contributed by atoms with Gasteiger partial charge in [-0.15, -0.1) is 0 Å². The van der Waals surface area contributed by atoms with E-state index in [-0.39, 0.29) is 0 Å². The maximum absolute atomic E-state index is 4.91. The lowest BCUT2D eigenvalue weighted by atomic mass is 10.2. The third-order valence-corrected chi connectivity index (χ3v) is 3.42. The van der Waals surface area contributed by atoms with Crippen molar-refractivity contribution in [2.24, 2.45) is 4.99 Å². The van der Waals surface area contributed by atoms with Crippen LogP contribution in [0.3, 0.4) is 0 Å². The number of rotatable bonds is 3. The molecule has 1 aromatic rings. The van der Waals surface area contributed by atoms with Gasteiger partial charge >= 0.3 is 0 Å². The Labute approximate surface area is 99.1 Å². The summed E-state index contributed by atoms with van der Waals surface area (Å²) in [4.78, 5) is 8.45. The van der Waals surface area contributed by atoms with Crippen molar-refractivity contribution in [1.82, 2.24) is 15.5 Å². The predicted molar refractivity (Wildman–Crippen MR) is 64.6 cm³/mol. The Kier molecular flexibility index (Phi) is 3.82. The molecule has 0 spiro atoms. The number of aliphatic imine (C=N–C) groups is 1. The van der Waals surface area contributed by atoms with E-state index in [1.807, 2.05) is 0 Å². The van der Waals surface area contributed by atoms with Crippen LogP contribution in [0.5, 0.6) is 0 Å². The standard InChI is InChI=1S/C10H16N4OS/c1-7-5-8(2)16-10(14-7)11-4-3-9-12-6-13-15-9/h6-8H,3-5H2,1-2H3,(H,11,14). The van der Waals surface area contributed by atoms with Gasteiger partial charge in [0, 0.05) is 17.7 Å². The molecule has 16 heavy (non-hydrogen) atoms. The third-order valence-electron chi connectivity index (χ3n) is 2.36. The van der Waals surface area contributed by atoms with Gasteiger partial charge in [-0.1, -0.05) is 23.8 Å². The molecule has 2 unspecified atom stereocenters. The van der Waals surface area contributed by atoms with Crippen LogP contribution in [0.2, 0.25) is 0 Å². The molecule has 1 aliphatic heterocycles. The largest absolute Gasteiger partial charge is 0.362 e. The fourth-order valence-electron chi connectivity index (χ4n) is 1.68. The second-order valence-corrected chi connectivity index (χ2v) is 5.41. The first-order chi connectivity index (χ1) is 7.74. The van der Waals surface area contributed by atoms with Crippen molar-refractivity contribution in [1.29, 1.82) is 0 Å². The van der Waals surface area contributed by atoms with E-state index in [4.69, 9.17) is 4.52 Å². The molecule has 0 amide bonds. The molecule has 0 bridgehead atoms. The van der Waals surface area contributed by atoms with E-state index in [0.29, 0.717) is 30.1 Å². The molecule has 2 heterocycles. The number of thioether (sulfide) groups is 1. The molecular weight excluding hydrogens is 224 g/mol. The van der Waals surface area contributed by atoms with Crippen LogP contribution in [0.25, 0.3) is 0 Å². The fourth-order valence-corrected chi connectivity index (χ4v) is 2.88. The summed E-state index contributed by atoms with van der Waals surface area (Å²) in [6.07, 6.45) is 3.31. The van der Waals surface area contributed by atoms with Gasteiger partial charge in [-0.3, -0.25) is 4.99 Å². The molecule has 1 N–H and O–H groups in total. The maximum Gasteiger partial charge on any atom is 0.228 e. The van der Waals surface area contributed by atoms with Gasteiger partial charge < -0.3 is 9.84 Å². The van der Waals surface area contributed by atoms with Crippen LogP contribution in [0.15, 0.2) is 15.8 Å². The lowest BCUT2D eigenvalue weighted by Crippen LogP contribution is -2.38. The second kappa shape index (κ2) is 5.34. The van der Waals surface area contributed by atoms with Crippen LogP contribution >= 0.6 is 11.8 Å². The number of nitrogens with zero attached hydrogens (tertiary/aromatic N) is 3. The van der Waals surface area contributed by atoms with Crippen LogP contribution in [0.4, 0.5) is 0 Å². The topological polar surface area (TPSA) is 63.3 Å². The molecule has 2 rings (SSSR count). The van der Waals surface area contributed by atoms with Crippen molar-refractivity contribution in [2.75, 3.05) is 6.54 Å². The molecule has 1 aliphatic rings. The number of aromatic nitrogens is 2. The molecule has 2 atom stereocenters. The highest BCUT2D eigenvalue weighted by Crippen LogP contribution is 2.22. The highest BCUT2D eigenvalue weighted by Gasteiger charge is 2.19. The van der Waals surface area contributed by atoms with Crippen LogP contribution in [0, 0.1) is 0 Å². The van der Waals surface area contributed by atoms with E-state index >= 15 is 0 Å². The first kappa shape index (κ1) is 11.4. The van der Waals surface area contributed by atoms with Crippen molar-refractivity contribution >= 4 is 16.9 Å². The quantitative estimate of drug-likeness (QED) is 0.867. The second-order valence-electron chi connectivity index (χ2n) is 3.98. The van der Waals surface area contributed by atoms with E-state index < -0.39 is 0 Å². The molecule has 1 saturated heterocycles.